The summed E-state index contributed by atoms with van der Waals surface area (Å²) in [7, 11) is 0. The SMILES string of the molecule is Cc1ccc(CNC(=O)C2CCN(c3ncccc3C(F)(F)F)CC2)cc1. The van der Waals surface area contributed by atoms with Gasteiger partial charge in [0.15, 0.2) is 0 Å². The van der Waals surface area contributed by atoms with Crippen molar-refractivity contribution in [2.75, 3.05) is 18.0 Å². The lowest BCUT2D eigenvalue weighted by atomic mass is 9.95. The van der Waals surface area contributed by atoms with Gasteiger partial charge in [0, 0.05) is 31.7 Å². The van der Waals surface area contributed by atoms with E-state index in [1.54, 1.807) is 4.90 Å². The molecular weight excluding hydrogens is 355 g/mol. The molecule has 0 bridgehead atoms. The number of halogens is 3. The average molecular weight is 377 g/mol. The lowest BCUT2D eigenvalue weighted by molar-refractivity contribution is -0.137. The minimum absolute atomic E-state index is 0.0488. The van der Waals surface area contributed by atoms with E-state index >= 15 is 0 Å². The van der Waals surface area contributed by atoms with E-state index in [2.05, 4.69) is 10.3 Å². The molecule has 1 aliphatic heterocycles. The van der Waals surface area contributed by atoms with E-state index < -0.39 is 11.7 Å². The van der Waals surface area contributed by atoms with E-state index in [0.29, 0.717) is 32.5 Å². The Labute approximate surface area is 156 Å². The zero-order valence-electron chi connectivity index (χ0n) is 15.1. The molecule has 0 atom stereocenters. The molecule has 2 heterocycles. The number of nitrogens with zero attached hydrogens (tertiary/aromatic N) is 2. The van der Waals surface area contributed by atoms with Crippen LogP contribution in [0.15, 0.2) is 42.6 Å². The summed E-state index contributed by atoms with van der Waals surface area (Å²) in [5, 5.41) is 2.93. The molecule has 144 valence electrons. The van der Waals surface area contributed by atoms with Crippen LogP contribution in [0.3, 0.4) is 0 Å². The highest BCUT2D eigenvalue weighted by Crippen LogP contribution is 2.36. The number of rotatable bonds is 4. The van der Waals surface area contributed by atoms with Crippen LogP contribution in [0.2, 0.25) is 0 Å². The molecule has 3 rings (SSSR count). The van der Waals surface area contributed by atoms with Crippen LogP contribution in [-0.2, 0) is 17.5 Å². The average Bonchev–Trinajstić information content (AvgIpc) is 2.67. The number of hydrogen-bond donors (Lipinski definition) is 1. The van der Waals surface area contributed by atoms with Crippen LogP contribution in [0.1, 0.15) is 29.5 Å². The second-order valence-corrected chi connectivity index (χ2v) is 6.84. The summed E-state index contributed by atoms with van der Waals surface area (Å²) < 4.78 is 39.5. The van der Waals surface area contributed by atoms with Crippen molar-refractivity contribution in [1.82, 2.24) is 10.3 Å². The standard InChI is InChI=1S/C20H22F3N3O/c1-14-4-6-15(7-5-14)13-25-19(27)16-8-11-26(12-9-16)18-17(20(21,22)23)3-2-10-24-18/h2-7,10,16H,8-9,11-13H2,1H3,(H,25,27). The van der Waals surface area contributed by atoms with Gasteiger partial charge in [0.1, 0.15) is 5.82 Å². The fourth-order valence-electron chi connectivity index (χ4n) is 3.26. The maximum Gasteiger partial charge on any atom is 0.419 e. The molecule has 1 saturated heterocycles. The number of nitrogens with one attached hydrogen (secondary N) is 1. The topological polar surface area (TPSA) is 45.2 Å². The Kier molecular flexibility index (Phi) is 5.68. The smallest absolute Gasteiger partial charge is 0.356 e. The summed E-state index contributed by atoms with van der Waals surface area (Å²) in [6, 6.07) is 10.3. The van der Waals surface area contributed by atoms with Crippen molar-refractivity contribution in [1.29, 1.82) is 0 Å². The molecular formula is C20H22F3N3O. The van der Waals surface area contributed by atoms with Gasteiger partial charge in [-0.2, -0.15) is 13.2 Å². The Morgan fingerprint density at radius 2 is 1.85 bits per heavy atom. The van der Waals surface area contributed by atoms with E-state index in [-0.39, 0.29) is 17.6 Å². The lowest BCUT2D eigenvalue weighted by Crippen LogP contribution is -2.41. The molecule has 1 aromatic heterocycles. The molecule has 0 saturated carbocycles. The van der Waals surface area contributed by atoms with Gasteiger partial charge in [-0.25, -0.2) is 4.98 Å². The second kappa shape index (κ2) is 7.98. The summed E-state index contributed by atoms with van der Waals surface area (Å²) in [6.45, 7) is 3.21. The maximum absolute atomic E-state index is 13.2. The van der Waals surface area contributed by atoms with Gasteiger partial charge in [-0.3, -0.25) is 4.79 Å². The molecule has 1 N–H and O–H groups in total. The van der Waals surface area contributed by atoms with Gasteiger partial charge in [-0.15, -0.1) is 0 Å². The molecule has 1 aliphatic rings. The van der Waals surface area contributed by atoms with Gasteiger partial charge in [-0.1, -0.05) is 29.8 Å². The third-order valence-corrected chi connectivity index (χ3v) is 4.84. The molecule has 2 aromatic rings. The van der Waals surface area contributed by atoms with E-state index in [0.717, 1.165) is 17.2 Å². The van der Waals surface area contributed by atoms with Crippen LogP contribution >= 0.6 is 0 Å². The molecule has 0 radical (unpaired) electrons. The Balaban J connectivity index is 1.56. The summed E-state index contributed by atoms with van der Waals surface area (Å²) in [5.74, 6) is -0.291. The third-order valence-electron chi connectivity index (χ3n) is 4.84. The number of aromatic nitrogens is 1. The fraction of sp³-hybridized carbons (Fsp3) is 0.400. The summed E-state index contributed by atoms with van der Waals surface area (Å²) in [5.41, 5.74) is 1.45. The highest BCUT2D eigenvalue weighted by atomic mass is 19.4. The number of alkyl halides is 3. The predicted molar refractivity (Wildman–Crippen MR) is 97.2 cm³/mol. The molecule has 1 fully saturated rings. The van der Waals surface area contributed by atoms with E-state index in [9.17, 15) is 18.0 Å². The highest BCUT2D eigenvalue weighted by Gasteiger charge is 2.36. The number of pyridine rings is 1. The van der Waals surface area contributed by atoms with Crippen molar-refractivity contribution >= 4 is 11.7 Å². The fourth-order valence-corrected chi connectivity index (χ4v) is 3.26. The van der Waals surface area contributed by atoms with Gasteiger partial charge in [0.25, 0.3) is 0 Å². The minimum atomic E-state index is -4.44. The Morgan fingerprint density at radius 3 is 2.48 bits per heavy atom. The van der Waals surface area contributed by atoms with Crippen molar-refractivity contribution in [3.8, 4) is 0 Å². The maximum atomic E-state index is 13.2. The molecule has 7 heteroatoms. The highest BCUT2D eigenvalue weighted by molar-refractivity contribution is 5.79. The Hall–Kier alpha value is -2.57. The first-order valence-electron chi connectivity index (χ1n) is 8.95. The van der Waals surface area contributed by atoms with Crippen molar-refractivity contribution < 1.29 is 18.0 Å². The van der Waals surface area contributed by atoms with Crippen LogP contribution in [0.25, 0.3) is 0 Å². The number of amides is 1. The molecule has 4 nitrogen and oxygen atoms in total. The van der Waals surface area contributed by atoms with Crippen molar-refractivity contribution in [2.45, 2.75) is 32.5 Å². The number of aryl methyl sites for hydroxylation is 1. The number of hydrogen-bond acceptors (Lipinski definition) is 3. The number of anilines is 1. The van der Waals surface area contributed by atoms with Gasteiger partial charge in [0.2, 0.25) is 5.91 Å². The monoisotopic (exact) mass is 377 g/mol. The Bertz CT molecular complexity index is 782. The first-order valence-corrected chi connectivity index (χ1v) is 8.95. The summed E-state index contributed by atoms with van der Waals surface area (Å²) in [6.07, 6.45) is -2.06. The predicted octanol–water partition coefficient (Wildman–Crippen LogP) is 3.94. The van der Waals surface area contributed by atoms with Crippen molar-refractivity contribution in [3.63, 3.8) is 0 Å². The first-order chi connectivity index (χ1) is 12.8. The lowest BCUT2D eigenvalue weighted by Gasteiger charge is -2.33. The van der Waals surface area contributed by atoms with Gasteiger partial charge in [-0.05, 0) is 37.5 Å². The number of carbonyl (C=O) groups excluding carboxylic acids is 1. The molecule has 1 amide bonds. The van der Waals surface area contributed by atoms with Crippen molar-refractivity contribution in [2.24, 2.45) is 5.92 Å². The van der Waals surface area contributed by atoms with Crippen LogP contribution in [0.5, 0.6) is 0 Å². The summed E-state index contributed by atoms with van der Waals surface area (Å²) >= 11 is 0. The minimum Gasteiger partial charge on any atom is -0.356 e. The number of piperidine rings is 1. The Morgan fingerprint density at radius 1 is 1.19 bits per heavy atom. The van der Waals surface area contributed by atoms with Gasteiger partial charge < -0.3 is 10.2 Å². The van der Waals surface area contributed by atoms with E-state index in [1.807, 2.05) is 31.2 Å². The molecule has 0 unspecified atom stereocenters. The van der Waals surface area contributed by atoms with Crippen molar-refractivity contribution in [3.05, 3.63) is 59.3 Å². The number of benzene rings is 1. The second-order valence-electron chi connectivity index (χ2n) is 6.84. The largest absolute Gasteiger partial charge is 0.419 e. The zero-order chi connectivity index (χ0) is 19.4. The first kappa shape index (κ1) is 19.2. The third kappa shape index (κ3) is 4.78. The molecule has 1 aromatic carbocycles. The summed E-state index contributed by atoms with van der Waals surface area (Å²) in [4.78, 5) is 17.9. The van der Waals surface area contributed by atoms with Crippen LogP contribution < -0.4 is 10.2 Å². The van der Waals surface area contributed by atoms with Crippen LogP contribution in [0, 0.1) is 12.8 Å². The quantitative estimate of drug-likeness (QED) is 0.878. The van der Waals surface area contributed by atoms with E-state index in [4.69, 9.17) is 0 Å². The van der Waals surface area contributed by atoms with Gasteiger partial charge in [0.05, 0.1) is 5.56 Å². The molecule has 27 heavy (non-hydrogen) atoms. The van der Waals surface area contributed by atoms with Gasteiger partial charge >= 0.3 is 6.18 Å². The zero-order valence-corrected chi connectivity index (χ0v) is 15.1. The molecule has 0 spiro atoms. The normalized spacial score (nSPS) is 15.6. The molecule has 0 aliphatic carbocycles. The van der Waals surface area contributed by atoms with Crippen LogP contribution in [-0.4, -0.2) is 24.0 Å². The van der Waals surface area contributed by atoms with Crippen LogP contribution in [0.4, 0.5) is 19.0 Å². The number of carbonyl (C=O) groups is 1. The van der Waals surface area contributed by atoms with E-state index in [1.165, 1.54) is 12.3 Å².